The molecule has 0 aliphatic carbocycles. The van der Waals surface area contributed by atoms with Gasteiger partial charge in [-0.1, -0.05) is 47.5 Å². The van der Waals surface area contributed by atoms with Gasteiger partial charge in [-0.15, -0.1) is 0 Å². The topological polar surface area (TPSA) is 67.9 Å². The normalized spacial score (nSPS) is 14.3. The second-order valence-electron chi connectivity index (χ2n) is 6.62. The number of hydrogen-bond acceptors (Lipinski definition) is 4. The molecule has 1 N–H and O–H groups in total. The van der Waals surface area contributed by atoms with Crippen molar-refractivity contribution in [1.82, 2.24) is 4.90 Å². The van der Waals surface area contributed by atoms with Crippen molar-refractivity contribution in [2.45, 2.75) is 12.8 Å². The molecule has 0 unspecified atom stereocenters. The molecule has 1 fully saturated rings. The number of piperidine rings is 1. The molecule has 1 aliphatic heterocycles. The Hall–Kier alpha value is -2.44. The van der Waals surface area contributed by atoms with Gasteiger partial charge in [-0.05, 0) is 37.1 Å². The van der Waals surface area contributed by atoms with Gasteiger partial charge in [-0.25, -0.2) is 4.79 Å². The van der Waals surface area contributed by atoms with Crippen molar-refractivity contribution in [2.75, 3.05) is 31.6 Å². The summed E-state index contributed by atoms with van der Waals surface area (Å²) in [7, 11) is 0. The summed E-state index contributed by atoms with van der Waals surface area (Å²) in [5, 5.41) is 3.67. The highest BCUT2D eigenvalue weighted by Crippen LogP contribution is 2.32. The predicted octanol–water partition coefficient (Wildman–Crippen LogP) is 4.86. The number of rotatable bonds is 6. The Balaban J connectivity index is 1.37. The quantitative estimate of drug-likeness (QED) is 0.518. The zero-order chi connectivity index (χ0) is 20.6. The molecule has 1 saturated heterocycles. The largest absolute Gasteiger partial charge is 0.487 e. The minimum absolute atomic E-state index is 0.106. The summed E-state index contributed by atoms with van der Waals surface area (Å²) >= 11 is 12.1. The van der Waals surface area contributed by atoms with Gasteiger partial charge in [0.1, 0.15) is 13.2 Å². The number of hydrogen-bond donors (Lipinski definition) is 1. The van der Waals surface area contributed by atoms with E-state index < -0.39 is 0 Å². The zero-order valence-corrected chi connectivity index (χ0v) is 17.3. The Morgan fingerprint density at radius 3 is 2.28 bits per heavy atom. The molecule has 0 saturated carbocycles. The number of urea groups is 1. The molecule has 0 bridgehead atoms. The third-order valence-corrected chi connectivity index (χ3v) is 5.23. The maximum atomic E-state index is 12.3. The maximum Gasteiger partial charge on any atom is 0.321 e. The fourth-order valence-corrected chi connectivity index (χ4v) is 3.57. The Morgan fingerprint density at radius 2 is 1.62 bits per heavy atom. The van der Waals surface area contributed by atoms with Gasteiger partial charge in [0.15, 0.2) is 5.75 Å². The molecule has 0 aromatic heterocycles. The van der Waals surface area contributed by atoms with E-state index in [4.69, 9.17) is 32.7 Å². The van der Waals surface area contributed by atoms with Crippen LogP contribution in [-0.4, -0.2) is 43.2 Å². The van der Waals surface area contributed by atoms with Crippen molar-refractivity contribution in [2.24, 2.45) is 5.92 Å². The SMILES string of the molecule is O=C(OCCOc1c(Cl)cccc1Cl)C1CCN(C(=O)Nc2ccccc2)CC1. The molecular formula is C21H22Cl2N2O4. The number of esters is 1. The first-order chi connectivity index (χ1) is 14.0. The third kappa shape index (κ3) is 6.02. The Bertz CT molecular complexity index is 820. The highest BCUT2D eigenvalue weighted by Gasteiger charge is 2.28. The standard InChI is InChI=1S/C21H22Cl2N2O4/c22-17-7-4-8-18(23)19(17)28-13-14-29-20(26)15-9-11-25(12-10-15)21(27)24-16-5-2-1-3-6-16/h1-8,15H,9-14H2,(H,24,27). The van der Waals surface area contributed by atoms with E-state index >= 15 is 0 Å². The number of amides is 2. The predicted molar refractivity (Wildman–Crippen MR) is 113 cm³/mol. The van der Waals surface area contributed by atoms with Crippen LogP contribution in [0.5, 0.6) is 5.75 Å². The molecule has 2 aromatic rings. The summed E-state index contributed by atoms with van der Waals surface area (Å²) in [5.41, 5.74) is 0.748. The number of benzene rings is 2. The summed E-state index contributed by atoms with van der Waals surface area (Å²) < 4.78 is 10.8. The molecule has 3 rings (SSSR count). The van der Waals surface area contributed by atoms with E-state index in [1.165, 1.54) is 0 Å². The zero-order valence-electron chi connectivity index (χ0n) is 15.8. The molecule has 8 heteroatoms. The summed E-state index contributed by atoms with van der Waals surface area (Å²) in [5.74, 6) is -0.119. The number of carbonyl (C=O) groups is 2. The van der Waals surface area contributed by atoms with Crippen molar-refractivity contribution in [3.05, 3.63) is 58.6 Å². The number of halogens is 2. The van der Waals surface area contributed by atoms with Crippen LogP contribution in [0, 0.1) is 5.92 Å². The van der Waals surface area contributed by atoms with Crippen LogP contribution in [0.3, 0.4) is 0 Å². The average Bonchev–Trinajstić information content (AvgIpc) is 2.73. The molecule has 6 nitrogen and oxygen atoms in total. The summed E-state index contributed by atoms with van der Waals surface area (Å²) in [6.07, 6.45) is 1.14. The number of nitrogens with zero attached hydrogens (tertiary/aromatic N) is 1. The second kappa shape index (κ2) is 10.4. The van der Waals surface area contributed by atoms with Crippen molar-refractivity contribution < 1.29 is 19.1 Å². The molecular weight excluding hydrogens is 415 g/mol. The highest BCUT2D eigenvalue weighted by atomic mass is 35.5. The fraction of sp³-hybridized carbons (Fsp3) is 0.333. The molecule has 2 amide bonds. The lowest BCUT2D eigenvalue weighted by Crippen LogP contribution is -2.42. The Kier molecular flexibility index (Phi) is 7.61. The van der Waals surface area contributed by atoms with Crippen LogP contribution in [0.15, 0.2) is 48.5 Å². The van der Waals surface area contributed by atoms with Gasteiger partial charge < -0.3 is 19.7 Å². The Morgan fingerprint density at radius 1 is 0.966 bits per heavy atom. The van der Waals surface area contributed by atoms with Gasteiger partial charge in [0, 0.05) is 18.8 Å². The van der Waals surface area contributed by atoms with E-state index in [0.29, 0.717) is 41.7 Å². The fourth-order valence-electron chi connectivity index (χ4n) is 3.07. The van der Waals surface area contributed by atoms with Crippen LogP contribution in [0.25, 0.3) is 0 Å². The number of ether oxygens (including phenoxy) is 2. The van der Waals surface area contributed by atoms with E-state index in [0.717, 1.165) is 5.69 Å². The molecule has 29 heavy (non-hydrogen) atoms. The van der Waals surface area contributed by atoms with E-state index in [1.54, 1.807) is 23.1 Å². The first-order valence-electron chi connectivity index (χ1n) is 9.39. The van der Waals surface area contributed by atoms with Crippen LogP contribution >= 0.6 is 23.2 Å². The lowest BCUT2D eigenvalue weighted by molar-refractivity contribution is -0.150. The lowest BCUT2D eigenvalue weighted by atomic mass is 9.97. The van der Waals surface area contributed by atoms with E-state index in [2.05, 4.69) is 5.32 Å². The van der Waals surface area contributed by atoms with Gasteiger partial charge in [0.05, 0.1) is 16.0 Å². The minimum Gasteiger partial charge on any atom is -0.487 e. The van der Waals surface area contributed by atoms with Crippen LogP contribution in [0.1, 0.15) is 12.8 Å². The van der Waals surface area contributed by atoms with Gasteiger partial charge >= 0.3 is 12.0 Å². The number of para-hydroxylation sites is 2. The number of nitrogens with one attached hydrogen (secondary N) is 1. The van der Waals surface area contributed by atoms with Gasteiger partial charge in [0.25, 0.3) is 0 Å². The van der Waals surface area contributed by atoms with Gasteiger partial charge in [0.2, 0.25) is 0 Å². The van der Waals surface area contributed by atoms with E-state index in [9.17, 15) is 9.59 Å². The van der Waals surface area contributed by atoms with Crippen LogP contribution in [-0.2, 0) is 9.53 Å². The summed E-state index contributed by atoms with van der Waals surface area (Å²) in [4.78, 5) is 26.3. The van der Waals surface area contributed by atoms with E-state index in [1.807, 2.05) is 30.3 Å². The average molecular weight is 437 g/mol. The molecule has 0 radical (unpaired) electrons. The molecule has 2 aromatic carbocycles. The van der Waals surface area contributed by atoms with Gasteiger partial charge in [-0.2, -0.15) is 0 Å². The van der Waals surface area contributed by atoms with Crippen molar-refractivity contribution in [3.8, 4) is 5.75 Å². The Labute approximate surface area is 179 Å². The highest BCUT2D eigenvalue weighted by molar-refractivity contribution is 6.37. The maximum absolute atomic E-state index is 12.3. The molecule has 1 heterocycles. The van der Waals surface area contributed by atoms with Crippen molar-refractivity contribution in [3.63, 3.8) is 0 Å². The third-order valence-electron chi connectivity index (χ3n) is 4.63. The molecule has 154 valence electrons. The van der Waals surface area contributed by atoms with E-state index in [-0.39, 0.29) is 31.1 Å². The van der Waals surface area contributed by atoms with Crippen LogP contribution in [0.4, 0.5) is 10.5 Å². The summed E-state index contributed by atoms with van der Waals surface area (Å²) in [6, 6.07) is 14.2. The summed E-state index contributed by atoms with van der Waals surface area (Å²) in [6.45, 7) is 1.27. The minimum atomic E-state index is -0.276. The van der Waals surface area contributed by atoms with Crippen molar-refractivity contribution in [1.29, 1.82) is 0 Å². The lowest BCUT2D eigenvalue weighted by Gasteiger charge is -2.31. The van der Waals surface area contributed by atoms with Crippen LogP contribution in [0.2, 0.25) is 10.0 Å². The first kappa shape index (κ1) is 21.3. The van der Waals surface area contributed by atoms with Crippen LogP contribution < -0.4 is 10.1 Å². The molecule has 0 atom stereocenters. The number of carbonyl (C=O) groups excluding carboxylic acids is 2. The molecule has 1 aliphatic rings. The smallest absolute Gasteiger partial charge is 0.321 e. The number of likely N-dealkylation sites (tertiary alicyclic amines) is 1. The van der Waals surface area contributed by atoms with Crippen molar-refractivity contribution >= 4 is 40.9 Å². The number of anilines is 1. The monoisotopic (exact) mass is 436 g/mol. The second-order valence-corrected chi connectivity index (χ2v) is 7.44. The molecule has 0 spiro atoms. The first-order valence-corrected chi connectivity index (χ1v) is 10.1. The van der Waals surface area contributed by atoms with Gasteiger partial charge in [-0.3, -0.25) is 4.79 Å².